The van der Waals surface area contributed by atoms with Crippen molar-refractivity contribution in [3.63, 3.8) is 0 Å². The highest BCUT2D eigenvalue weighted by Crippen LogP contribution is 2.40. The normalized spacial score (nSPS) is 21.3. The summed E-state index contributed by atoms with van der Waals surface area (Å²) in [6.45, 7) is 3.05. The minimum atomic E-state index is -3.98. The second-order valence-corrected chi connectivity index (χ2v) is 8.70. The summed E-state index contributed by atoms with van der Waals surface area (Å²) in [6, 6.07) is 8.44. The molecule has 0 bridgehead atoms. The van der Waals surface area contributed by atoms with Gasteiger partial charge in [0.1, 0.15) is 16.7 Å². The first-order valence-electron chi connectivity index (χ1n) is 8.79. The molecule has 2 aromatic rings. The predicted octanol–water partition coefficient (Wildman–Crippen LogP) is 2.47. The van der Waals surface area contributed by atoms with Crippen LogP contribution in [0.15, 0.2) is 53.2 Å². The summed E-state index contributed by atoms with van der Waals surface area (Å²) in [7, 11) is -3.98. The fourth-order valence-corrected chi connectivity index (χ4v) is 5.03. The molecular weight excluding hydrogens is 385 g/mol. The van der Waals surface area contributed by atoms with Crippen LogP contribution in [0.4, 0.5) is 4.39 Å². The van der Waals surface area contributed by atoms with Crippen molar-refractivity contribution in [2.75, 3.05) is 6.61 Å². The minimum absolute atomic E-state index is 0.149. The van der Waals surface area contributed by atoms with E-state index in [1.54, 1.807) is 50.4 Å². The average molecular weight is 407 g/mol. The maximum Gasteiger partial charge on any atom is 0.301 e. The van der Waals surface area contributed by atoms with Gasteiger partial charge in [-0.1, -0.05) is 24.3 Å². The molecule has 150 valence electrons. The second kappa shape index (κ2) is 7.84. The van der Waals surface area contributed by atoms with Crippen LogP contribution in [-0.2, 0) is 14.8 Å². The molecule has 2 atom stereocenters. The van der Waals surface area contributed by atoms with E-state index in [1.165, 1.54) is 12.3 Å². The van der Waals surface area contributed by atoms with Gasteiger partial charge in [-0.15, -0.1) is 4.40 Å². The van der Waals surface area contributed by atoms with Crippen LogP contribution in [0, 0.1) is 5.82 Å². The molecule has 0 fully saturated rings. The van der Waals surface area contributed by atoms with Crippen molar-refractivity contribution in [2.45, 2.75) is 37.2 Å². The Balaban J connectivity index is 1.95. The van der Waals surface area contributed by atoms with Crippen LogP contribution in [0.25, 0.3) is 0 Å². The average Bonchev–Trinajstić information content (AvgIpc) is 2.60. The van der Waals surface area contributed by atoms with E-state index in [1.807, 2.05) is 0 Å². The number of rotatable bonds is 5. The fourth-order valence-electron chi connectivity index (χ4n) is 3.35. The number of hydrogen-bond donors (Lipinski definition) is 2. The van der Waals surface area contributed by atoms with Gasteiger partial charge in [0.05, 0.1) is 6.04 Å². The summed E-state index contributed by atoms with van der Waals surface area (Å²) in [6.07, 6.45) is 3.17. The molecule has 1 unspecified atom stereocenters. The first kappa shape index (κ1) is 20.2. The van der Waals surface area contributed by atoms with Crippen molar-refractivity contribution >= 4 is 16.0 Å². The summed E-state index contributed by atoms with van der Waals surface area (Å²) in [5.41, 5.74) is -0.394. The first-order valence-corrected chi connectivity index (χ1v) is 10.3. The van der Waals surface area contributed by atoms with Gasteiger partial charge in [0.15, 0.2) is 0 Å². The lowest BCUT2D eigenvalue weighted by Gasteiger charge is -2.37. The van der Waals surface area contributed by atoms with Crippen LogP contribution in [0.2, 0.25) is 0 Å². The lowest BCUT2D eigenvalue weighted by molar-refractivity contribution is 0.0758. The summed E-state index contributed by atoms with van der Waals surface area (Å²) in [5, 5.41) is 11.1. The van der Waals surface area contributed by atoms with Gasteiger partial charge in [0.2, 0.25) is 0 Å². The van der Waals surface area contributed by atoms with E-state index in [4.69, 9.17) is 4.74 Å². The lowest BCUT2D eigenvalue weighted by Crippen LogP contribution is -2.47. The van der Waals surface area contributed by atoms with Crippen LogP contribution in [0.1, 0.15) is 42.7 Å². The van der Waals surface area contributed by atoms with E-state index in [0.29, 0.717) is 5.56 Å². The Hall–Kier alpha value is -2.52. The molecule has 1 aliphatic heterocycles. The van der Waals surface area contributed by atoms with E-state index in [0.717, 1.165) is 0 Å². The molecule has 0 saturated carbocycles. The van der Waals surface area contributed by atoms with Crippen LogP contribution < -0.4 is 5.32 Å². The molecule has 1 aromatic heterocycles. The lowest BCUT2D eigenvalue weighted by atomic mass is 9.98. The summed E-state index contributed by atoms with van der Waals surface area (Å²) >= 11 is 0. The molecule has 7 nitrogen and oxygen atoms in total. The first-order chi connectivity index (χ1) is 13.2. The molecule has 1 aliphatic rings. The number of aliphatic hydroxyl groups is 1. The number of aliphatic hydroxyl groups excluding tert-OH is 1. The third-order valence-electron chi connectivity index (χ3n) is 4.48. The largest absolute Gasteiger partial charge is 0.457 e. The number of halogens is 1. The number of aromatic nitrogens is 1. The maximum absolute atomic E-state index is 14.2. The Kier molecular flexibility index (Phi) is 5.66. The van der Waals surface area contributed by atoms with Gasteiger partial charge in [-0.05, 0) is 38.0 Å². The van der Waals surface area contributed by atoms with E-state index < -0.39 is 32.7 Å². The van der Waals surface area contributed by atoms with Crippen LogP contribution in [0.3, 0.4) is 0 Å². The molecule has 0 aliphatic carbocycles. The zero-order valence-corrected chi connectivity index (χ0v) is 16.4. The molecular formula is C19H22FN3O4S. The molecule has 2 heterocycles. The Bertz CT molecular complexity index is 964. The molecule has 0 saturated heterocycles. The van der Waals surface area contributed by atoms with E-state index in [9.17, 15) is 17.9 Å². The zero-order valence-electron chi connectivity index (χ0n) is 15.5. The molecule has 2 N–H and O–H groups in total. The smallest absolute Gasteiger partial charge is 0.301 e. The molecule has 1 aromatic carbocycles. The van der Waals surface area contributed by atoms with Crippen molar-refractivity contribution in [3.05, 3.63) is 65.7 Å². The van der Waals surface area contributed by atoms with Crippen molar-refractivity contribution in [1.29, 1.82) is 0 Å². The fraction of sp³-hybridized carbons (Fsp3) is 0.368. The molecule has 0 spiro atoms. The number of hydrogen-bond acceptors (Lipinski definition) is 6. The standard InChI is InChI=1S/C19H22FN3O4S/c1-19(2)17(13-6-5-10-21-12-13)28(25,26)23-18(27-19)22-16(9-11-24)14-7-3-4-8-15(14)20/h3-8,10,12,16-17,24H,9,11H2,1-2H3,(H,22,23)/t16-,17?/m0/s1. The molecule has 3 rings (SSSR count). The highest BCUT2D eigenvalue weighted by molar-refractivity contribution is 7.90. The van der Waals surface area contributed by atoms with Gasteiger partial charge in [0, 0.05) is 24.6 Å². The van der Waals surface area contributed by atoms with E-state index in [2.05, 4.69) is 14.7 Å². The number of nitrogens with one attached hydrogen (secondary N) is 1. The summed E-state index contributed by atoms with van der Waals surface area (Å²) in [5.74, 6) is -0.472. The summed E-state index contributed by atoms with van der Waals surface area (Å²) in [4.78, 5) is 3.98. The monoisotopic (exact) mass is 407 g/mol. The SMILES string of the molecule is CC1(C)OC(N[C@@H](CCO)c2ccccc2F)=NS(=O)(=O)C1c1cccnc1. The maximum atomic E-state index is 14.2. The van der Waals surface area contributed by atoms with Crippen LogP contribution in [-0.4, -0.2) is 36.7 Å². The van der Waals surface area contributed by atoms with Gasteiger partial charge in [-0.3, -0.25) is 4.98 Å². The van der Waals surface area contributed by atoms with Crippen molar-refractivity contribution in [3.8, 4) is 0 Å². The van der Waals surface area contributed by atoms with E-state index in [-0.39, 0.29) is 24.6 Å². The van der Waals surface area contributed by atoms with Gasteiger partial charge in [0.25, 0.3) is 10.0 Å². The second-order valence-electron chi connectivity index (χ2n) is 7.01. The van der Waals surface area contributed by atoms with Crippen molar-refractivity contribution < 1.29 is 22.7 Å². The topological polar surface area (TPSA) is 101 Å². The number of amidine groups is 1. The van der Waals surface area contributed by atoms with E-state index >= 15 is 0 Å². The Morgan fingerprint density at radius 3 is 2.64 bits per heavy atom. The number of ether oxygens (including phenoxy) is 1. The third kappa shape index (κ3) is 4.15. The molecule has 0 amide bonds. The number of pyridine rings is 1. The van der Waals surface area contributed by atoms with Crippen LogP contribution >= 0.6 is 0 Å². The minimum Gasteiger partial charge on any atom is -0.457 e. The quantitative estimate of drug-likeness (QED) is 0.790. The Morgan fingerprint density at radius 2 is 2.04 bits per heavy atom. The third-order valence-corrected chi connectivity index (χ3v) is 6.34. The predicted molar refractivity (Wildman–Crippen MR) is 102 cm³/mol. The van der Waals surface area contributed by atoms with Crippen molar-refractivity contribution in [2.24, 2.45) is 4.40 Å². The number of nitrogens with zero attached hydrogens (tertiary/aromatic N) is 2. The Labute approximate surface area is 163 Å². The van der Waals surface area contributed by atoms with Gasteiger partial charge in [-0.25, -0.2) is 12.8 Å². The number of sulfonamides is 1. The highest BCUT2D eigenvalue weighted by Gasteiger charge is 2.47. The van der Waals surface area contributed by atoms with Gasteiger partial charge in [-0.2, -0.15) is 0 Å². The number of benzene rings is 1. The molecule has 28 heavy (non-hydrogen) atoms. The molecule has 9 heteroatoms. The van der Waals surface area contributed by atoms with Crippen molar-refractivity contribution in [1.82, 2.24) is 10.3 Å². The molecule has 0 radical (unpaired) electrons. The van der Waals surface area contributed by atoms with Gasteiger partial charge < -0.3 is 15.2 Å². The zero-order chi connectivity index (χ0) is 20.4. The van der Waals surface area contributed by atoms with Gasteiger partial charge >= 0.3 is 6.02 Å². The Morgan fingerprint density at radius 1 is 1.29 bits per heavy atom. The summed E-state index contributed by atoms with van der Waals surface area (Å²) < 4.78 is 49.6. The highest BCUT2D eigenvalue weighted by atomic mass is 32.2. The van der Waals surface area contributed by atoms with Crippen LogP contribution in [0.5, 0.6) is 0 Å².